The van der Waals surface area contributed by atoms with Gasteiger partial charge in [0.05, 0.1) is 5.75 Å². The first-order chi connectivity index (χ1) is 8.40. The molecule has 0 aliphatic carbocycles. The molecule has 0 heterocycles. The Morgan fingerprint density at radius 2 is 2.00 bits per heavy atom. The molecule has 102 valence electrons. The molecule has 0 spiro atoms. The van der Waals surface area contributed by atoms with Gasteiger partial charge in [0.15, 0.2) is 9.84 Å². The molecule has 1 N–H and O–H groups in total. The van der Waals surface area contributed by atoms with Gasteiger partial charge in [0.25, 0.3) is 0 Å². The summed E-state index contributed by atoms with van der Waals surface area (Å²) in [6.07, 6.45) is 1.51. The second kappa shape index (κ2) is 6.24. The number of benzene rings is 1. The number of hydrogen-bond acceptors (Lipinski definition) is 3. The zero-order valence-corrected chi connectivity index (χ0v) is 11.2. The van der Waals surface area contributed by atoms with Crippen molar-refractivity contribution in [2.24, 2.45) is 0 Å². The Labute approximate surface area is 106 Å². The largest absolute Gasteiger partial charge is 0.316 e. The summed E-state index contributed by atoms with van der Waals surface area (Å²) in [7, 11) is -2.08. The second-order valence-corrected chi connectivity index (χ2v) is 6.13. The van der Waals surface area contributed by atoms with Gasteiger partial charge in [-0.3, -0.25) is 0 Å². The maximum atomic E-state index is 13.4. The van der Waals surface area contributed by atoms with Crippen LogP contribution in [-0.4, -0.2) is 27.3 Å². The lowest BCUT2D eigenvalue weighted by atomic mass is 10.2. The summed E-state index contributed by atoms with van der Waals surface area (Å²) in [6, 6.07) is 2.27. The fourth-order valence-corrected chi connectivity index (χ4v) is 3.42. The van der Waals surface area contributed by atoms with Crippen molar-refractivity contribution in [3.8, 4) is 0 Å². The topological polar surface area (TPSA) is 46.2 Å². The van der Waals surface area contributed by atoms with Crippen LogP contribution in [0.25, 0.3) is 0 Å². The smallest absolute Gasteiger partial charge is 0.182 e. The molecule has 0 radical (unpaired) electrons. The average molecular weight is 277 g/mol. The van der Waals surface area contributed by atoms with Crippen molar-refractivity contribution in [3.63, 3.8) is 0 Å². The molecule has 1 rings (SSSR count). The summed E-state index contributed by atoms with van der Waals surface area (Å²) < 4.78 is 50.2. The molecule has 6 heteroatoms. The van der Waals surface area contributed by atoms with Gasteiger partial charge < -0.3 is 5.32 Å². The van der Waals surface area contributed by atoms with Crippen molar-refractivity contribution in [2.45, 2.75) is 30.7 Å². The van der Waals surface area contributed by atoms with Gasteiger partial charge >= 0.3 is 0 Å². The van der Waals surface area contributed by atoms with Crippen molar-refractivity contribution < 1.29 is 17.2 Å². The summed E-state index contributed by atoms with van der Waals surface area (Å²) >= 11 is 0. The third-order valence-corrected chi connectivity index (χ3v) is 4.54. The van der Waals surface area contributed by atoms with Crippen LogP contribution >= 0.6 is 0 Å². The van der Waals surface area contributed by atoms with Gasteiger partial charge in [-0.25, -0.2) is 17.2 Å². The minimum Gasteiger partial charge on any atom is -0.316 e. The van der Waals surface area contributed by atoms with E-state index in [-0.39, 0.29) is 11.8 Å². The zero-order valence-electron chi connectivity index (χ0n) is 10.4. The molecule has 1 aromatic carbocycles. The van der Waals surface area contributed by atoms with Gasteiger partial charge in [0.1, 0.15) is 16.5 Å². The maximum absolute atomic E-state index is 13.4. The predicted octanol–water partition coefficient (Wildman–Crippen LogP) is 2.13. The van der Waals surface area contributed by atoms with E-state index in [1.807, 2.05) is 6.92 Å². The Bertz CT molecular complexity index is 503. The first-order valence-corrected chi connectivity index (χ1v) is 7.41. The molecular weight excluding hydrogens is 260 g/mol. The lowest BCUT2D eigenvalue weighted by Crippen LogP contribution is -2.33. The third kappa shape index (κ3) is 3.74. The highest BCUT2D eigenvalue weighted by atomic mass is 32.2. The SMILES string of the molecule is CCCC(CS(=O)(=O)c1ccc(F)cc1F)NC. The highest BCUT2D eigenvalue weighted by Crippen LogP contribution is 2.18. The Morgan fingerprint density at radius 1 is 1.33 bits per heavy atom. The van der Waals surface area contributed by atoms with Crippen LogP contribution in [0.3, 0.4) is 0 Å². The van der Waals surface area contributed by atoms with E-state index in [4.69, 9.17) is 0 Å². The molecule has 0 aliphatic heterocycles. The molecular formula is C12H17F2NO2S. The lowest BCUT2D eigenvalue weighted by Gasteiger charge is -2.15. The normalized spacial score (nSPS) is 13.6. The third-order valence-electron chi connectivity index (χ3n) is 2.69. The summed E-state index contributed by atoms with van der Waals surface area (Å²) in [5, 5.41) is 2.88. The van der Waals surface area contributed by atoms with Gasteiger partial charge in [-0.1, -0.05) is 13.3 Å². The van der Waals surface area contributed by atoms with Crippen molar-refractivity contribution >= 4 is 9.84 Å². The molecule has 0 aliphatic rings. The van der Waals surface area contributed by atoms with Crippen LogP contribution in [0.4, 0.5) is 8.78 Å². The molecule has 1 atom stereocenters. The fourth-order valence-electron chi connectivity index (χ4n) is 1.74. The van der Waals surface area contributed by atoms with Gasteiger partial charge in [0, 0.05) is 12.1 Å². The maximum Gasteiger partial charge on any atom is 0.182 e. The van der Waals surface area contributed by atoms with Crippen LogP contribution in [0.1, 0.15) is 19.8 Å². The van der Waals surface area contributed by atoms with E-state index in [0.717, 1.165) is 18.6 Å². The molecule has 0 saturated carbocycles. The highest BCUT2D eigenvalue weighted by Gasteiger charge is 2.23. The number of rotatable bonds is 6. The van der Waals surface area contributed by atoms with Crippen LogP contribution in [0.2, 0.25) is 0 Å². The van der Waals surface area contributed by atoms with E-state index in [0.29, 0.717) is 12.5 Å². The molecule has 0 saturated heterocycles. The number of nitrogens with one attached hydrogen (secondary N) is 1. The number of sulfone groups is 1. The van der Waals surface area contributed by atoms with Crippen LogP contribution in [0, 0.1) is 11.6 Å². The standard InChI is InChI=1S/C12H17F2NO2S/c1-3-4-10(15-2)8-18(16,17)12-6-5-9(13)7-11(12)14/h5-7,10,15H,3-4,8H2,1-2H3. The molecule has 0 aromatic heterocycles. The van der Waals surface area contributed by atoms with E-state index >= 15 is 0 Å². The van der Waals surface area contributed by atoms with Crippen LogP contribution < -0.4 is 5.32 Å². The zero-order chi connectivity index (χ0) is 13.8. The van der Waals surface area contributed by atoms with Crippen LogP contribution in [0.15, 0.2) is 23.1 Å². The lowest BCUT2D eigenvalue weighted by molar-refractivity contribution is 0.525. The quantitative estimate of drug-likeness (QED) is 0.810. The van der Waals surface area contributed by atoms with E-state index < -0.39 is 26.4 Å². The van der Waals surface area contributed by atoms with Crippen LogP contribution in [-0.2, 0) is 9.84 Å². The fraction of sp³-hybridized carbons (Fsp3) is 0.500. The van der Waals surface area contributed by atoms with E-state index in [1.54, 1.807) is 7.05 Å². The number of hydrogen-bond donors (Lipinski definition) is 1. The molecule has 1 aromatic rings. The first kappa shape index (κ1) is 15.0. The predicted molar refractivity (Wildman–Crippen MR) is 66.2 cm³/mol. The summed E-state index contributed by atoms with van der Waals surface area (Å²) in [4.78, 5) is -0.444. The monoisotopic (exact) mass is 277 g/mol. The van der Waals surface area contributed by atoms with Gasteiger partial charge in [0.2, 0.25) is 0 Å². The van der Waals surface area contributed by atoms with Crippen molar-refractivity contribution in [1.82, 2.24) is 5.32 Å². The Hall–Kier alpha value is -1.01. The Balaban J connectivity index is 2.99. The Morgan fingerprint density at radius 3 is 2.50 bits per heavy atom. The van der Waals surface area contributed by atoms with Crippen molar-refractivity contribution in [3.05, 3.63) is 29.8 Å². The number of halogens is 2. The first-order valence-electron chi connectivity index (χ1n) is 5.75. The molecule has 0 amide bonds. The summed E-state index contributed by atoms with van der Waals surface area (Å²) in [5.74, 6) is -2.02. The van der Waals surface area contributed by atoms with Gasteiger partial charge in [-0.2, -0.15) is 0 Å². The van der Waals surface area contributed by atoms with Crippen molar-refractivity contribution in [1.29, 1.82) is 0 Å². The molecule has 1 unspecified atom stereocenters. The minimum atomic E-state index is -3.75. The highest BCUT2D eigenvalue weighted by molar-refractivity contribution is 7.91. The van der Waals surface area contributed by atoms with Gasteiger partial charge in [-0.05, 0) is 25.6 Å². The van der Waals surface area contributed by atoms with E-state index in [9.17, 15) is 17.2 Å². The minimum absolute atomic E-state index is 0.195. The summed E-state index contributed by atoms with van der Waals surface area (Å²) in [5.41, 5.74) is 0. The Kier molecular flexibility index (Phi) is 5.22. The second-order valence-electron chi connectivity index (χ2n) is 4.13. The molecule has 0 bridgehead atoms. The molecule has 3 nitrogen and oxygen atoms in total. The average Bonchev–Trinajstić information content (AvgIpc) is 2.27. The molecule has 0 fully saturated rings. The van der Waals surface area contributed by atoms with Crippen molar-refractivity contribution in [2.75, 3.05) is 12.8 Å². The van der Waals surface area contributed by atoms with Gasteiger partial charge in [-0.15, -0.1) is 0 Å². The summed E-state index contributed by atoms with van der Waals surface area (Å²) in [6.45, 7) is 1.94. The van der Waals surface area contributed by atoms with E-state index in [2.05, 4.69) is 5.32 Å². The van der Waals surface area contributed by atoms with Crippen LogP contribution in [0.5, 0.6) is 0 Å². The van der Waals surface area contributed by atoms with E-state index in [1.165, 1.54) is 0 Å². The molecule has 18 heavy (non-hydrogen) atoms.